The second kappa shape index (κ2) is 5.40. The van der Waals surface area contributed by atoms with E-state index in [1.165, 1.54) is 31.2 Å². The Balaban J connectivity index is 1.74. The summed E-state index contributed by atoms with van der Waals surface area (Å²) in [5.74, 6) is 0.623. The summed E-state index contributed by atoms with van der Waals surface area (Å²) in [5, 5.41) is 4.37. The maximum Gasteiger partial charge on any atom is 0.229 e. The second-order valence-corrected chi connectivity index (χ2v) is 5.96. The number of aromatic nitrogens is 4. The lowest BCUT2D eigenvalue weighted by Crippen LogP contribution is -2.05. The van der Waals surface area contributed by atoms with Gasteiger partial charge in [0.2, 0.25) is 5.95 Å². The third-order valence-corrected chi connectivity index (χ3v) is 4.41. The molecule has 112 valence electrons. The summed E-state index contributed by atoms with van der Waals surface area (Å²) < 4.78 is 2.34. The second-order valence-electron chi connectivity index (χ2n) is 5.96. The van der Waals surface area contributed by atoms with Crippen molar-refractivity contribution < 1.29 is 0 Å². The minimum Gasteiger partial charge on any atom is -0.329 e. The molecule has 22 heavy (non-hydrogen) atoms. The van der Waals surface area contributed by atoms with Crippen LogP contribution in [0.5, 0.6) is 0 Å². The first-order valence-corrected chi connectivity index (χ1v) is 7.82. The number of pyridine rings is 1. The van der Waals surface area contributed by atoms with Crippen LogP contribution >= 0.6 is 0 Å². The molecule has 0 radical (unpaired) electrons. The van der Waals surface area contributed by atoms with Crippen molar-refractivity contribution in [3.05, 3.63) is 42.5 Å². The van der Waals surface area contributed by atoms with Crippen molar-refractivity contribution in [1.29, 1.82) is 0 Å². The molecule has 5 nitrogen and oxygen atoms in total. The zero-order valence-electron chi connectivity index (χ0n) is 12.7. The van der Waals surface area contributed by atoms with Crippen molar-refractivity contribution in [2.45, 2.75) is 38.6 Å². The fraction of sp³-hybridized carbons (Fsp3) is 0.353. The number of fused-ring (bicyclic) bond motifs is 1. The highest BCUT2D eigenvalue weighted by Crippen LogP contribution is 2.33. The molecule has 1 fully saturated rings. The van der Waals surface area contributed by atoms with Crippen LogP contribution in [-0.4, -0.2) is 19.5 Å². The van der Waals surface area contributed by atoms with Gasteiger partial charge in [0.25, 0.3) is 0 Å². The molecule has 0 saturated heterocycles. The molecule has 1 aliphatic carbocycles. The van der Waals surface area contributed by atoms with E-state index in [4.69, 9.17) is 4.98 Å². The number of hydrogen-bond acceptors (Lipinski definition) is 4. The largest absolute Gasteiger partial charge is 0.329 e. The predicted molar refractivity (Wildman–Crippen MR) is 87.3 cm³/mol. The minimum absolute atomic E-state index is 0.581. The molecule has 0 spiro atoms. The molecular weight excluding hydrogens is 274 g/mol. The average Bonchev–Trinajstić information content (AvgIpc) is 3.17. The van der Waals surface area contributed by atoms with E-state index < -0.39 is 0 Å². The lowest BCUT2D eigenvalue weighted by Gasteiger charge is -2.13. The molecule has 1 N–H and O–H groups in total. The number of aryl methyl sites for hydroxylation is 1. The van der Waals surface area contributed by atoms with Crippen LogP contribution in [0.2, 0.25) is 0 Å². The standard InChI is InChI=1S/C17H19N5/c1-12-11-22(14-6-2-3-7-14)16-15(12)10-19-17(21-16)20-13-5-4-8-18-9-13/h4-5,8-11,14H,2-3,6-7H2,1H3,(H,19,20,21). The lowest BCUT2D eigenvalue weighted by atomic mass is 10.2. The molecule has 0 atom stereocenters. The summed E-state index contributed by atoms with van der Waals surface area (Å²) >= 11 is 0. The fourth-order valence-corrected chi connectivity index (χ4v) is 3.27. The summed E-state index contributed by atoms with van der Waals surface area (Å²) in [6.07, 6.45) is 12.8. The van der Waals surface area contributed by atoms with Crippen molar-refractivity contribution in [3.8, 4) is 0 Å². The first-order chi connectivity index (χ1) is 10.8. The Bertz CT molecular complexity index is 787. The van der Waals surface area contributed by atoms with Crippen LogP contribution in [0.3, 0.4) is 0 Å². The maximum atomic E-state index is 4.75. The van der Waals surface area contributed by atoms with Crippen LogP contribution in [0, 0.1) is 6.92 Å². The van der Waals surface area contributed by atoms with Crippen LogP contribution < -0.4 is 5.32 Å². The van der Waals surface area contributed by atoms with Crippen molar-refractivity contribution in [2.24, 2.45) is 0 Å². The molecule has 0 aliphatic heterocycles. The molecule has 4 rings (SSSR count). The molecule has 0 amide bonds. The van der Waals surface area contributed by atoms with Crippen LogP contribution in [-0.2, 0) is 0 Å². The fourth-order valence-electron chi connectivity index (χ4n) is 3.27. The van der Waals surface area contributed by atoms with Gasteiger partial charge in [-0.25, -0.2) is 4.98 Å². The van der Waals surface area contributed by atoms with Gasteiger partial charge in [-0.15, -0.1) is 0 Å². The van der Waals surface area contributed by atoms with Gasteiger partial charge in [-0.2, -0.15) is 4.98 Å². The van der Waals surface area contributed by atoms with Gasteiger partial charge in [-0.3, -0.25) is 4.98 Å². The Hall–Kier alpha value is -2.43. The highest BCUT2D eigenvalue weighted by molar-refractivity contribution is 5.80. The SMILES string of the molecule is Cc1cn(C2CCCC2)c2nc(Nc3cccnc3)ncc12. The van der Waals surface area contributed by atoms with Gasteiger partial charge < -0.3 is 9.88 Å². The number of nitrogens with one attached hydrogen (secondary N) is 1. The van der Waals surface area contributed by atoms with Gasteiger partial charge in [0.1, 0.15) is 5.65 Å². The topological polar surface area (TPSA) is 55.6 Å². The van der Waals surface area contributed by atoms with Crippen LogP contribution in [0.15, 0.2) is 36.9 Å². The van der Waals surface area contributed by atoms with Crippen molar-refractivity contribution in [2.75, 3.05) is 5.32 Å². The first-order valence-electron chi connectivity index (χ1n) is 7.82. The molecule has 1 aliphatic rings. The number of anilines is 2. The van der Waals surface area contributed by atoms with Gasteiger partial charge in [0.05, 0.1) is 11.9 Å². The summed E-state index contributed by atoms with van der Waals surface area (Å²) in [6.45, 7) is 2.13. The molecule has 3 aromatic heterocycles. The molecule has 0 unspecified atom stereocenters. The maximum absolute atomic E-state index is 4.75. The lowest BCUT2D eigenvalue weighted by molar-refractivity contribution is 0.532. The van der Waals surface area contributed by atoms with Crippen molar-refractivity contribution >= 4 is 22.7 Å². The van der Waals surface area contributed by atoms with Gasteiger partial charge >= 0.3 is 0 Å². The molecule has 0 aromatic carbocycles. The molecule has 0 bridgehead atoms. The van der Waals surface area contributed by atoms with E-state index in [1.54, 1.807) is 12.4 Å². The van der Waals surface area contributed by atoms with Gasteiger partial charge in [-0.1, -0.05) is 12.8 Å². The Labute approximate surface area is 129 Å². The van der Waals surface area contributed by atoms with Crippen molar-refractivity contribution in [3.63, 3.8) is 0 Å². The van der Waals surface area contributed by atoms with E-state index >= 15 is 0 Å². The van der Waals surface area contributed by atoms with E-state index in [1.807, 2.05) is 18.3 Å². The van der Waals surface area contributed by atoms with Gasteiger partial charge in [0.15, 0.2) is 0 Å². The molecular formula is C17H19N5. The molecule has 1 saturated carbocycles. The molecule has 3 heterocycles. The summed E-state index contributed by atoms with van der Waals surface area (Å²) in [5.41, 5.74) is 3.18. The van der Waals surface area contributed by atoms with Gasteiger partial charge in [-0.05, 0) is 37.5 Å². The zero-order valence-corrected chi connectivity index (χ0v) is 12.7. The van der Waals surface area contributed by atoms with E-state index in [9.17, 15) is 0 Å². The number of rotatable bonds is 3. The average molecular weight is 293 g/mol. The third-order valence-electron chi connectivity index (χ3n) is 4.41. The Morgan fingerprint density at radius 3 is 2.86 bits per heavy atom. The quantitative estimate of drug-likeness (QED) is 0.793. The predicted octanol–water partition coefficient (Wildman–Crippen LogP) is 3.99. The summed E-state index contributed by atoms with van der Waals surface area (Å²) in [6, 6.07) is 4.44. The normalized spacial score (nSPS) is 15.5. The summed E-state index contributed by atoms with van der Waals surface area (Å²) in [4.78, 5) is 13.3. The van der Waals surface area contributed by atoms with E-state index in [-0.39, 0.29) is 0 Å². The zero-order chi connectivity index (χ0) is 14.9. The molecule has 3 aromatic rings. The Morgan fingerprint density at radius 2 is 2.09 bits per heavy atom. The van der Waals surface area contributed by atoms with E-state index in [2.05, 4.69) is 33.0 Å². The minimum atomic E-state index is 0.581. The van der Waals surface area contributed by atoms with E-state index in [0.717, 1.165) is 16.7 Å². The number of hydrogen-bond donors (Lipinski definition) is 1. The van der Waals surface area contributed by atoms with Crippen LogP contribution in [0.25, 0.3) is 11.0 Å². The van der Waals surface area contributed by atoms with E-state index in [0.29, 0.717) is 12.0 Å². The van der Waals surface area contributed by atoms with Gasteiger partial charge in [0, 0.05) is 30.0 Å². The molecule has 5 heteroatoms. The third kappa shape index (κ3) is 2.32. The number of nitrogens with zero attached hydrogens (tertiary/aromatic N) is 4. The smallest absolute Gasteiger partial charge is 0.229 e. The monoisotopic (exact) mass is 293 g/mol. The Morgan fingerprint density at radius 1 is 1.23 bits per heavy atom. The Kier molecular flexibility index (Phi) is 3.25. The van der Waals surface area contributed by atoms with Crippen LogP contribution in [0.1, 0.15) is 37.3 Å². The first kappa shape index (κ1) is 13.2. The van der Waals surface area contributed by atoms with Crippen molar-refractivity contribution in [1.82, 2.24) is 19.5 Å². The highest BCUT2D eigenvalue weighted by atomic mass is 15.2. The summed E-state index contributed by atoms with van der Waals surface area (Å²) in [7, 11) is 0. The van der Waals surface area contributed by atoms with Crippen LogP contribution in [0.4, 0.5) is 11.6 Å². The highest BCUT2D eigenvalue weighted by Gasteiger charge is 2.20.